The zero-order valence-corrected chi connectivity index (χ0v) is 20.6. The highest BCUT2D eigenvalue weighted by Gasteiger charge is 2.70. The molecule has 6 rings (SSSR count). The molecule has 4 aromatic rings. The molecule has 0 spiro atoms. The van der Waals surface area contributed by atoms with Gasteiger partial charge in [0.15, 0.2) is 0 Å². The SMILES string of the molecule is CNC(=O)c1c(-c2ccc(F)cc2)oc2nc(NCC(F)F)c(-c3ccc(F)c(C(=O)NC45CC4C5)c3)cc12. The first-order valence-electron chi connectivity index (χ1n) is 12.3. The van der Waals surface area contributed by atoms with E-state index in [0.29, 0.717) is 17.0 Å². The maximum atomic E-state index is 14.7. The van der Waals surface area contributed by atoms with Gasteiger partial charge in [0, 0.05) is 23.7 Å². The van der Waals surface area contributed by atoms with Gasteiger partial charge in [0.25, 0.3) is 18.2 Å². The second-order valence-corrected chi connectivity index (χ2v) is 9.81. The molecule has 3 N–H and O–H groups in total. The number of carbonyl (C=O) groups excluding carboxylic acids is 2. The van der Waals surface area contributed by atoms with Gasteiger partial charge in [-0.05, 0) is 66.8 Å². The number of benzene rings is 2. The van der Waals surface area contributed by atoms with Gasteiger partial charge in [0.2, 0.25) is 5.71 Å². The zero-order chi connectivity index (χ0) is 27.5. The number of rotatable bonds is 8. The van der Waals surface area contributed by atoms with E-state index < -0.39 is 36.4 Å². The van der Waals surface area contributed by atoms with Gasteiger partial charge in [0.05, 0.1) is 23.1 Å². The van der Waals surface area contributed by atoms with Crippen molar-refractivity contribution in [2.75, 3.05) is 18.9 Å². The van der Waals surface area contributed by atoms with Crippen molar-refractivity contribution in [3.63, 3.8) is 0 Å². The molecule has 11 heteroatoms. The van der Waals surface area contributed by atoms with E-state index in [0.717, 1.165) is 18.9 Å². The Kier molecular flexibility index (Phi) is 5.81. The van der Waals surface area contributed by atoms with Gasteiger partial charge in [-0.3, -0.25) is 9.59 Å². The van der Waals surface area contributed by atoms with Crippen LogP contribution in [0.2, 0.25) is 0 Å². The van der Waals surface area contributed by atoms with E-state index in [2.05, 4.69) is 20.9 Å². The number of hydrogen-bond donors (Lipinski definition) is 3. The summed E-state index contributed by atoms with van der Waals surface area (Å²) in [7, 11) is 1.43. The average molecular weight is 539 g/mol. The molecular weight excluding hydrogens is 516 g/mol. The quantitative estimate of drug-likeness (QED) is 0.262. The number of amides is 2. The van der Waals surface area contributed by atoms with E-state index in [1.165, 1.54) is 49.5 Å². The van der Waals surface area contributed by atoms with Crippen LogP contribution in [0.25, 0.3) is 33.6 Å². The van der Waals surface area contributed by atoms with Gasteiger partial charge in [0.1, 0.15) is 23.2 Å². The van der Waals surface area contributed by atoms with Crippen LogP contribution in [0.4, 0.5) is 23.4 Å². The highest BCUT2D eigenvalue weighted by Crippen LogP contribution is 2.66. The number of halogens is 4. The second-order valence-electron chi connectivity index (χ2n) is 9.81. The fraction of sp³-hybridized carbons (Fsp3) is 0.250. The zero-order valence-electron chi connectivity index (χ0n) is 20.6. The van der Waals surface area contributed by atoms with Crippen molar-refractivity contribution in [1.82, 2.24) is 15.6 Å². The highest BCUT2D eigenvalue weighted by atomic mass is 19.3. The summed E-state index contributed by atoms with van der Waals surface area (Å²) >= 11 is 0. The predicted molar refractivity (Wildman–Crippen MR) is 136 cm³/mol. The van der Waals surface area contributed by atoms with Crippen molar-refractivity contribution >= 4 is 28.7 Å². The lowest BCUT2D eigenvalue weighted by molar-refractivity contribution is 0.0935. The van der Waals surface area contributed by atoms with Crippen molar-refractivity contribution < 1.29 is 31.6 Å². The molecule has 2 aliphatic rings. The van der Waals surface area contributed by atoms with Gasteiger partial charge < -0.3 is 20.4 Å². The summed E-state index contributed by atoms with van der Waals surface area (Å²) in [6, 6.07) is 10.7. The predicted octanol–water partition coefficient (Wildman–Crippen LogP) is 5.37. The van der Waals surface area contributed by atoms with Crippen LogP contribution in [-0.4, -0.2) is 42.4 Å². The van der Waals surface area contributed by atoms with Crippen LogP contribution >= 0.6 is 0 Å². The molecule has 0 bridgehead atoms. The smallest absolute Gasteiger partial charge is 0.255 e. The Bertz CT molecular complexity index is 1630. The summed E-state index contributed by atoms with van der Waals surface area (Å²) in [4.78, 5) is 30.1. The number of nitrogens with one attached hydrogen (secondary N) is 3. The molecule has 0 saturated heterocycles. The highest BCUT2D eigenvalue weighted by molar-refractivity contribution is 6.11. The summed E-state index contributed by atoms with van der Waals surface area (Å²) < 4.78 is 60.4. The van der Waals surface area contributed by atoms with E-state index in [-0.39, 0.29) is 44.9 Å². The minimum atomic E-state index is -2.71. The van der Waals surface area contributed by atoms with E-state index in [1.54, 1.807) is 0 Å². The van der Waals surface area contributed by atoms with E-state index in [1.807, 2.05) is 0 Å². The lowest BCUT2D eigenvalue weighted by atomic mass is 9.99. The molecule has 200 valence electrons. The summed E-state index contributed by atoms with van der Waals surface area (Å²) in [6.07, 6.45) is -0.954. The second kappa shape index (κ2) is 9.11. The third-order valence-electron chi connectivity index (χ3n) is 7.23. The molecule has 39 heavy (non-hydrogen) atoms. The Morgan fingerprint density at radius 2 is 1.74 bits per heavy atom. The summed E-state index contributed by atoms with van der Waals surface area (Å²) in [6.45, 7) is -0.738. The summed E-state index contributed by atoms with van der Waals surface area (Å²) in [5.74, 6) is -1.74. The third-order valence-corrected chi connectivity index (χ3v) is 7.23. The van der Waals surface area contributed by atoms with Crippen molar-refractivity contribution in [3.05, 3.63) is 71.3 Å². The largest absolute Gasteiger partial charge is 0.437 e. The van der Waals surface area contributed by atoms with E-state index >= 15 is 0 Å². The van der Waals surface area contributed by atoms with Crippen molar-refractivity contribution in [2.24, 2.45) is 5.92 Å². The number of pyridine rings is 1. The van der Waals surface area contributed by atoms with Gasteiger partial charge in [-0.1, -0.05) is 6.07 Å². The van der Waals surface area contributed by atoms with Crippen LogP contribution in [0.3, 0.4) is 0 Å². The lowest BCUT2D eigenvalue weighted by Gasteiger charge is -2.14. The third kappa shape index (κ3) is 4.47. The van der Waals surface area contributed by atoms with Crippen molar-refractivity contribution in [3.8, 4) is 22.5 Å². The molecule has 0 aliphatic heterocycles. The molecule has 2 amide bonds. The fourth-order valence-electron chi connectivity index (χ4n) is 4.77. The monoisotopic (exact) mass is 538 g/mol. The molecule has 2 heterocycles. The molecule has 2 fully saturated rings. The average Bonchev–Trinajstić information content (AvgIpc) is 3.73. The van der Waals surface area contributed by atoms with Crippen LogP contribution < -0.4 is 16.0 Å². The Morgan fingerprint density at radius 3 is 2.38 bits per heavy atom. The normalized spacial score (nSPS) is 19.1. The number of carbonyl (C=O) groups is 2. The Balaban J connectivity index is 1.50. The molecule has 2 saturated carbocycles. The van der Waals surface area contributed by atoms with Crippen molar-refractivity contribution in [1.29, 1.82) is 0 Å². The number of nitrogens with zero attached hydrogens (tertiary/aromatic N) is 1. The number of alkyl halides is 2. The first kappa shape index (κ1) is 24.9. The van der Waals surface area contributed by atoms with Crippen LogP contribution in [-0.2, 0) is 0 Å². The number of anilines is 1. The molecule has 2 aliphatic carbocycles. The first-order chi connectivity index (χ1) is 18.7. The summed E-state index contributed by atoms with van der Waals surface area (Å²) in [5, 5.41) is 8.24. The van der Waals surface area contributed by atoms with Crippen LogP contribution in [0.15, 0.2) is 52.9 Å². The Labute approximate surface area is 219 Å². The molecule has 0 unspecified atom stereocenters. The maximum absolute atomic E-state index is 14.7. The van der Waals surface area contributed by atoms with Gasteiger partial charge in [-0.15, -0.1) is 0 Å². The van der Waals surface area contributed by atoms with Crippen LogP contribution in [0.1, 0.15) is 33.6 Å². The Hall–Kier alpha value is -4.41. The number of furan rings is 1. The molecule has 7 nitrogen and oxygen atoms in total. The van der Waals surface area contributed by atoms with E-state index in [4.69, 9.17) is 4.42 Å². The molecule has 2 aromatic carbocycles. The molecule has 0 radical (unpaired) electrons. The van der Waals surface area contributed by atoms with Crippen LogP contribution in [0, 0.1) is 17.6 Å². The number of aromatic nitrogens is 1. The number of fused-ring (bicyclic) bond motifs is 2. The minimum Gasteiger partial charge on any atom is -0.437 e. The Morgan fingerprint density at radius 1 is 1.05 bits per heavy atom. The first-order valence-corrected chi connectivity index (χ1v) is 12.3. The summed E-state index contributed by atoms with van der Waals surface area (Å²) in [5.41, 5.74) is 0.630. The molecule has 0 atom stereocenters. The fourth-order valence-corrected chi connectivity index (χ4v) is 4.77. The van der Waals surface area contributed by atoms with Gasteiger partial charge in [-0.25, -0.2) is 17.6 Å². The minimum absolute atomic E-state index is 0.00771. The van der Waals surface area contributed by atoms with Gasteiger partial charge in [-0.2, -0.15) is 4.98 Å². The van der Waals surface area contributed by atoms with Crippen molar-refractivity contribution in [2.45, 2.75) is 24.8 Å². The standard InChI is InChI=1S/C28H22F4N4O3/c1-33-26(38)22-19-9-17(14-4-7-20(30)18(8-14)25(37)36-28-10-15(28)11-28)24(34-12-21(31)32)35-27(19)39-23(22)13-2-5-16(29)6-3-13/h2-9,15,21H,10-12H2,1H3,(H,33,38)(H,34,35)(H,36,37). The van der Waals surface area contributed by atoms with Gasteiger partial charge >= 0.3 is 0 Å². The molecular formula is C28H22F4N4O3. The molecule has 2 aromatic heterocycles. The maximum Gasteiger partial charge on any atom is 0.255 e. The van der Waals surface area contributed by atoms with Crippen LogP contribution in [0.5, 0.6) is 0 Å². The number of hydrogen-bond acceptors (Lipinski definition) is 5. The topological polar surface area (TPSA) is 96.3 Å². The lowest BCUT2D eigenvalue weighted by Crippen LogP contribution is -2.31. The van der Waals surface area contributed by atoms with E-state index in [9.17, 15) is 27.2 Å².